The molecule has 0 unspecified atom stereocenters. The molecule has 1 aliphatic carbocycles. The largest absolute Gasteiger partial charge is 0.493 e. The molecule has 1 aliphatic rings. The minimum absolute atomic E-state index is 0.00579. The summed E-state index contributed by atoms with van der Waals surface area (Å²) in [6, 6.07) is 3.53. The van der Waals surface area contributed by atoms with E-state index in [-0.39, 0.29) is 18.4 Å². The summed E-state index contributed by atoms with van der Waals surface area (Å²) >= 11 is 0. The predicted molar refractivity (Wildman–Crippen MR) is 105 cm³/mol. The van der Waals surface area contributed by atoms with Crippen molar-refractivity contribution in [2.45, 2.75) is 58.1 Å². The van der Waals surface area contributed by atoms with Crippen LogP contribution < -0.4 is 19.5 Å². The number of amides is 1. The molecule has 0 radical (unpaired) electrons. The van der Waals surface area contributed by atoms with Crippen LogP contribution >= 0.6 is 0 Å². The SMILES string of the molecule is COc1cc(CC(=O)O[C@H](C)C(=O)N[C@@H]2CCCC[C@@H]2C)cc(OC)c1OC. The average Bonchev–Trinajstić information content (AvgIpc) is 2.68. The molecule has 1 aromatic carbocycles. The van der Waals surface area contributed by atoms with Gasteiger partial charge in [-0.3, -0.25) is 9.59 Å². The van der Waals surface area contributed by atoms with Gasteiger partial charge in [0, 0.05) is 6.04 Å². The van der Waals surface area contributed by atoms with E-state index in [0.717, 1.165) is 19.3 Å². The molecule has 0 spiro atoms. The van der Waals surface area contributed by atoms with Crippen molar-refractivity contribution in [3.63, 3.8) is 0 Å². The molecule has 28 heavy (non-hydrogen) atoms. The van der Waals surface area contributed by atoms with Crippen LogP contribution in [-0.2, 0) is 20.7 Å². The van der Waals surface area contributed by atoms with Crippen molar-refractivity contribution in [3.05, 3.63) is 17.7 Å². The van der Waals surface area contributed by atoms with Crippen LogP contribution in [-0.4, -0.2) is 45.4 Å². The highest BCUT2D eigenvalue weighted by molar-refractivity contribution is 5.84. The molecule has 1 fully saturated rings. The van der Waals surface area contributed by atoms with Gasteiger partial charge in [-0.2, -0.15) is 0 Å². The number of ether oxygens (including phenoxy) is 4. The van der Waals surface area contributed by atoms with E-state index in [1.54, 1.807) is 19.1 Å². The molecular formula is C21H31NO6. The maximum Gasteiger partial charge on any atom is 0.311 e. The molecule has 0 heterocycles. The van der Waals surface area contributed by atoms with E-state index in [1.165, 1.54) is 27.8 Å². The van der Waals surface area contributed by atoms with Crippen LogP contribution in [0.4, 0.5) is 0 Å². The number of rotatable bonds is 8. The van der Waals surface area contributed by atoms with Gasteiger partial charge in [-0.1, -0.05) is 19.8 Å². The number of hydrogen-bond donors (Lipinski definition) is 1. The van der Waals surface area contributed by atoms with Gasteiger partial charge in [-0.25, -0.2) is 0 Å². The van der Waals surface area contributed by atoms with Crippen molar-refractivity contribution >= 4 is 11.9 Å². The predicted octanol–water partition coefficient (Wildman–Crippen LogP) is 2.88. The quantitative estimate of drug-likeness (QED) is 0.684. The second-order valence-corrected chi connectivity index (χ2v) is 7.22. The molecule has 3 atom stereocenters. The Kier molecular flexibility index (Phi) is 7.96. The van der Waals surface area contributed by atoms with Crippen molar-refractivity contribution in [2.24, 2.45) is 5.92 Å². The number of carbonyl (C=O) groups excluding carboxylic acids is 2. The molecule has 1 amide bonds. The van der Waals surface area contributed by atoms with E-state index < -0.39 is 12.1 Å². The lowest BCUT2D eigenvalue weighted by atomic mass is 9.86. The second kappa shape index (κ2) is 10.2. The van der Waals surface area contributed by atoms with Crippen molar-refractivity contribution in [1.29, 1.82) is 0 Å². The molecule has 0 bridgehead atoms. The number of benzene rings is 1. The van der Waals surface area contributed by atoms with Crippen LogP contribution in [0.3, 0.4) is 0 Å². The summed E-state index contributed by atoms with van der Waals surface area (Å²) in [5.41, 5.74) is 0.646. The van der Waals surface area contributed by atoms with Gasteiger partial charge in [0.15, 0.2) is 17.6 Å². The van der Waals surface area contributed by atoms with Crippen molar-refractivity contribution in [3.8, 4) is 17.2 Å². The topological polar surface area (TPSA) is 83.1 Å². The minimum Gasteiger partial charge on any atom is -0.493 e. The summed E-state index contributed by atoms with van der Waals surface area (Å²) in [6.07, 6.45) is 3.55. The molecule has 7 nitrogen and oxygen atoms in total. The van der Waals surface area contributed by atoms with Crippen LogP contribution in [0, 0.1) is 5.92 Å². The number of methoxy groups -OCH3 is 3. The zero-order chi connectivity index (χ0) is 20.7. The van der Waals surface area contributed by atoms with Crippen LogP contribution in [0.15, 0.2) is 12.1 Å². The first-order chi connectivity index (χ1) is 13.4. The van der Waals surface area contributed by atoms with Crippen LogP contribution in [0.25, 0.3) is 0 Å². The van der Waals surface area contributed by atoms with Crippen molar-refractivity contribution in [2.75, 3.05) is 21.3 Å². The Morgan fingerprint density at radius 3 is 2.21 bits per heavy atom. The Labute approximate surface area is 166 Å². The highest BCUT2D eigenvalue weighted by atomic mass is 16.5. The Balaban J connectivity index is 1.96. The van der Waals surface area contributed by atoms with Crippen LogP contribution in [0.2, 0.25) is 0 Å². The Bertz CT molecular complexity index is 664. The second-order valence-electron chi connectivity index (χ2n) is 7.22. The number of nitrogens with one attached hydrogen (secondary N) is 1. The zero-order valence-electron chi connectivity index (χ0n) is 17.4. The van der Waals surface area contributed by atoms with E-state index in [9.17, 15) is 9.59 Å². The first kappa shape index (κ1) is 21.9. The normalized spacial score (nSPS) is 20.0. The monoisotopic (exact) mass is 393 g/mol. The maximum absolute atomic E-state index is 12.4. The van der Waals surface area contributed by atoms with E-state index in [2.05, 4.69) is 12.2 Å². The standard InChI is InChI=1S/C21H31NO6/c1-13-8-6-7-9-16(13)22-21(24)14(2)28-19(23)12-15-10-17(25-3)20(27-5)18(11-15)26-4/h10-11,13-14,16H,6-9,12H2,1-5H3,(H,22,24)/t13-,14+,16+/m0/s1. The van der Waals surface area contributed by atoms with E-state index in [1.807, 2.05) is 0 Å². The lowest BCUT2D eigenvalue weighted by Crippen LogP contribution is -2.46. The smallest absolute Gasteiger partial charge is 0.311 e. The third-order valence-electron chi connectivity index (χ3n) is 5.19. The third-order valence-corrected chi connectivity index (χ3v) is 5.19. The van der Waals surface area contributed by atoms with Gasteiger partial charge in [0.2, 0.25) is 5.75 Å². The lowest BCUT2D eigenvalue weighted by Gasteiger charge is -2.30. The fourth-order valence-electron chi connectivity index (χ4n) is 3.53. The van der Waals surface area contributed by atoms with Crippen molar-refractivity contribution < 1.29 is 28.5 Å². The lowest BCUT2D eigenvalue weighted by molar-refractivity contribution is -0.154. The first-order valence-corrected chi connectivity index (χ1v) is 9.68. The summed E-state index contributed by atoms with van der Waals surface area (Å²) in [5.74, 6) is 1.07. The molecule has 1 N–H and O–H groups in total. The molecule has 7 heteroatoms. The minimum atomic E-state index is -0.844. The van der Waals surface area contributed by atoms with Gasteiger partial charge in [-0.15, -0.1) is 0 Å². The third kappa shape index (κ3) is 5.53. The molecule has 0 saturated heterocycles. The van der Waals surface area contributed by atoms with Gasteiger partial charge < -0.3 is 24.3 Å². The first-order valence-electron chi connectivity index (χ1n) is 9.68. The van der Waals surface area contributed by atoms with Crippen molar-refractivity contribution in [1.82, 2.24) is 5.32 Å². The van der Waals surface area contributed by atoms with Crippen LogP contribution in [0.5, 0.6) is 17.2 Å². The summed E-state index contributed by atoms with van der Waals surface area (Å²) < 4.78 is 21.2. The molecule has 2 rings (SSSR count). The number of carbonyl (C=O) groups is 2. The zero-order valence-corrected chi connectivity index (χ0v) is 17.4. The number of esters is 1. The van der Waals surface area contributed by atoms with Gasteiger partial charge in [0.1, 0.15) is 0 Å². The van der Waals surface area contributed by atoms with E-state index >= 15 is 0 Å². The van der Waals surface area contributed by atoms with Crippen LogP contribution in [0.1, 0.15) is 45.1 Å². The summed E-state index contributed by atoms with van der Waals surface area (Å²) in [4.78, 5) is 24.7. The van der Waals surface area contributed by atoms with Gasteiger partial charge in [0.05, 0.1) is 27.8 Å². The fraction of sp³-hybridized carbons (Fsp3) is 0.619. The molecule has 0 aliphatic heterocycles. The maximum atomic E-state index is 12.4. The Morgan fingerprint density at radius 1 is 1.07 bits per heavy atom. The summed E-state index contributed by atoms with van der Waals surface area (Å²) in [5, 5.41) is 3.02. The van der Waals surface area contributed by atoms with Gasteiger partial charge >= 0.3 is 5.97 Å². The molecule has 156 valence electrons. The summed E-state index contributed by atoms with van der Waals surface area (Å²) in [6.45, 7) is 3.74. The average molecular weight is 393 g/mol. The molecule has 1 aromatic rings. The molecule has 1 saturated carbocycles. The molecular weight excluding hydrogens is 362 g/mol. The highest BCUT2D eigenvalue weighted by Gasteiger charge is 2.26. The fourth-order valence-corrected chi connectivity index (χ4v) is 3.53. The Hall–Kier alpha value is -2.44. The highest BCUT2D eigenvalue weighted by Crippen LogP contribution is 2.38. The Morgan fingerprint density at radius 2 is 1.68 bits per heavy atom. The van der Waals surface area contributed by atoms with Gasteiger partial charge in [-0.05, 0) is 43.4 Å². The summed E-state index contributed by atoms with van der Waals surface area (Å²) in [7, 11) is 4.54. The van der Waals surface area contributed by atoms with Gasteiger partial charge in [0.25, 0.3) is 5.91 Å². The molecule has 0 aromatic heterocycles. The van der Waals surface area contributed by atoms with E-state index in [4.69, 9.17) is 18.9 Å². The number of hydrogen-bond acceptors (Lipinski definition) is 6. The van der Waals surface area contributed by atoms with E-state index in [0.29, 0.717) is 28.7 Å².